The molecule has 1 atom stereocenters. The highest BCUT2D eigenvalue weighted by Gasteiger charge is 2.31. The molecular weight excluding hydrogens is 360 g/mol. The number of nitrogens with one attached hydrogen (secondary N) is 2. The smallest absolute Gasteiger partial charge is 0.192 e. The number of hydrogen-bond acceptors (Lipinski definition) is 3. The first-order valence-electron chi connectivity index (χ1n) is 10.8. The lowest BCUT2D eigenvalue weighted by atomic mass is 9.78. The van der Waals surface area contributed by atoms with E-state index in [-0.39, 0.29) is 11.5 Å². The third kappa shape index (κ3) is 5.58. The molecule has 6 nitrogen and oxygen atoms in total. The second kappa shape index (κ2) is 9.42. The van der Waals surface area contributed by atoms with Crippen LogP contribution in [0.3, 0.4) is 0 Å². The minimum atomic E-state index is 0.165. The van der Waals surface area contributed by atoms with Gasteiger partial charge in [-0.1, -0.05) is 57.0 Å². The fraction of sp³-hybridized carbons (Fsp3) is 0.609. The fourth-order valence-corrected chi connectivity index (χ4v) is 4.08. The van der Waals surface area contributed by atoms with Crippen molar-refractivity contribution < 1.29 is 0 Å². The van der Waals surface area contributed by atoms with Crippen LogP contribution >= 0.6 is 0 Å². The molecule has 1 aromatic heterocycles. The Bertz CT molecular complexity index is 802. The van der Waals surface area contributed by atoms with E-state index in [1.165, 1.54) is 31.2 Å². The monoisotopic (exact) mass is 396 g/mol. The van der Waals surface area contributed by atoms with Gasteiger partial charge in [-0.3, -0.25) is 0 Å². The molecule has 2 N–H and O–H groups in total. The third-order valence-corrected chi connectivity index (χ3v) is 6.39. The van der Waals surface area contributed by atoms with Crippen LogP contribution in [-0.4, -0.2) is 27.3 Å². The van der Waals surface area contributed by atoms with Crippen LogP contribution in [0, 0.1) is 18.3 Å². The summed E-state index contributed by atoms with van der Waals surface area (Å²) in [7, 11) is 1.98. The quantitative estimate of drug-likeness (QED) is 0.545. The van der Waals surface area contributed by atoms with E-state index in [1.54, 1.807) is 0 Å². The van der Waals surface area contributed by atoms with Crippen LogP contribution in [0.4, 0.5) is 0 Å². The Hall–Kier alpha value is -2.37. The topological polar surface area (TPSA) is 67.1 Å². The number of hydrogen-bond donors (Lipinski definition) is 2. The number of aryl methyl sites for hydroxylation is 1. The van der Waals surface area contributed by atoms with Gasteiger partial charge in [0.1, 0.15) is 12.4 Å². The number of guanidine groups is 1. The van der Waals surface area contributed by atoms with Crippen LogP contribution in [-0.2, 0) is 13.6 Å². The number of rotatable bonds is 7. The molecule has 1 fully saturated rings. The molecular formula is C23H36N6. The summed E-state index contributed by atoms with van der Waals surface area (Å²) in [4.78, 5) is 4.83. The van der Waals surface area contributed by atoms with Gasteiger partial charge in [-0.05, 0) is 43.6 Å². The fourth-order valence-electron chi connectivity index (χ4n) is 4.08. The normalized spacial score (nSPS) is 16.8. The summed E-state index contributed by atoms with van der Waals surface area (Å²) >= 11 is 0. The molecule has 29 heavy (non-hydrogen) atoms. The zero-order chi connectivity index (χ0) is 20.9. The van der Waals surface area contributed by atoms with E-state index in [4.69, 9.17) is 4.99 Å². The maximum absolute atomic E-state index is 4.83. The molecule has 0 bridgehead atoms. The number of benzene rings is 1. The summed E-state index contributed by atoms with van der Waals surface area (Å²) in [5.74, 6) is 3.38. The average Bonchev–Trinajstić information content (AvgIpc) is 3.37. The Balaban J connectivity index is 1.71. The molecule has 1 saturated carbocycles. The minimum absolute atomic E-state index is 0.165. The largest absolute Gasteiger partial charge is 0.356 e. The van der Waals surface area contributed by atoms with E-state index in [0.29, 0.717) is 6.54 Å². The summed E-state index contributed by atoms with van der Waals surface area (Å²) in [5.41, 5.74) is 1.49. The molecule has 0 aliphatic heterocycles. The van der Waals surface area contributed by atoms with Crippen LogP contribution in [0.25, 0.3) is 0 Å². The summed E-state index contributed by atoms with van der Waals surface area (Å²) in [6, 6.07) is 10.6. The number of aromatic nitrogens is 3. The maximum Gasteiger partial charge on any atom is 0.192 e. The first kappa shape index (κ1) is 21.3. The zero-order valence-corrected chi connectivity index (χ0v) is 18.6. The standard InChI is InChI=1S/C23H36N6/c1-17(19-11-7-6-8-12-19)26-22(24-15-21-28-27-18(2)29(21)5)25-16-23(3,4)20-13-9-10-14-20/h6-8,11-12,17,20H,9-10,13-16H2,1-5H3,(H2,24,25,26). The van der Waals surface area contributed by atoms with Crippen molar-refractivity contribution in [2.75, 3.05) is 6.54 Å². The first-order chi connectivity index (χ1) is 13.9. The van der Waals surface area contributed by atoms with Gasteiger partial charge in [0.25, 0.3) is 0 Å². The van der Waals surface area contributed by atoms with E-state index in [1.807, 2.05) is 24.6 Å². The van der Waals surface area contributed by atoms with Gasteiger partial charge < -0.3 is 15.2 Å². The molecule has 1 aromatic carbocycles. The Kier molecular flexibility index (Phi) is 6.93. The first-order valence-corrected chi connectivity index (χ1v) is 10.8. The van der Waals surface area contributed by atoms with Crippen molar-refractivity contribution in [3.8, 4) is 0 Å². The molecule has 1 heterocycles. The Morgan fingerprint density at radius 2 is 1.90 bits per heavy atom. The van der Waals surface area contributed by atoms with Gasteiger partial charge in [0.05, 0.1) is 6.04 Å². The number of nitrogens with zero attached hydrogens (tertiary/aromatic N) is 4. The van der Waals surface area contributed by atoms with Crippen LogP contribution in [0.2, 0.25) is 0 Å². The van der Waals surface area contributed by atoms with Gasteiger partial charge in [-0.25, -0.2) is 4.99 Å². The van der Waals surface area contributed by atoms with Crippen LogP contribution in [0.1, 0.15) is 69.7 Å². The second-order valence-corrected chi connectivity index (χ2v) is 8.99. The molecule has 1 aliphatic carbocycles. The lowest BCUT2D eigenvalue weighted by Gasteiger charge is -2.33. The Morgan fingerprint density at radius 3 is 2.52 bits per heavy atom. The van der Waals surface area contributed by atoms with Crippen LogP contribution < -0.4 is 10.6 Å². The highest BCUT2D eigenvalue weighted by atomic mass is 15.3. The van der Waals surface area contributed by atoms with Gasteiger partial charge >= 0.3 is 0 Å². The molecule has 6 heteroatoms. The zero-order valence-electron chi connectivity index (χ0n) is 18.6. The summed E-state index contributed by atoms with van der Waals surface area (Å²) in [6.45, 7) is 10.3. The Labute approximate surface area is 175 Å². The van der Waals surface area contributed by atoms with E-state index in [0.717, 1.165) is 30.1 Å². The molecule has 1 unspecified atom stereocenters. The van der Waals surface area contributed by atoms with Gasteiger partial charge in [0.2, 0.25) is 0 Å². The van der Waals surface area contributed by atoms with E-state index >= 15 is 0 Å². The van der Waals surface area contributed by atoms with E-state index in [9.17, 15) is 0 Å². The summed E-state index contributed by atoms with van der Waals surface area (Å²) in [6.07, 6.45) is 5.41. The van der Waals surface area contributed by atoms with Gasteiger partial charge in [-0.15, -0.1) is 10.2 Å². The second-order valence-electron chi connectivity index (χ2n) is 8.99. The predicted molar refractivity (Wildman–Crippen MR) is 119 cm³/mol. The van der Waals surface area contributed by atoms with Crippen molar-refractivity contribution in [3.05, 3.63) is 47.5 Å². The number of aliphatic imine (C=N–C) groups is 1. The van der Waals surface area contributed by atoms with Gasteiger partial charge in [0.15, 0.2) is 11.8 Å². The van der Waals surface area contributed by atoms with Gasteiger partial charge in [0, 0.05) is 13.6 Å². The molecule has 2 aromatic rings. The molecule has 0 saturated heterocycles. The van der Waals surface area contributed by atoms with Crippen LogP contribution in [0.5, 0.6) is 0 Å². The van der Waals surface area contributed by atoms with E-state index < -0.39 is 0 Å². The van der Waals surface area contributed by atoms with Crippen molar-refractivity contribution >= 4 is 5.96 Å². The van der Waals surface area contributed by atoms with Crippen LogP contribution in [0.15, 0.2) is 35.3 Å². The molecule has 3 rings (SSSR count). The Morgan fingerprint density at radius 1 is 1.21 bits per heavy atom. The van der Waals surface area contributed by atoms with Crippen molar-refractivity contribution in [3.63, 3.8) is 0 Å². The summed E-state index contributed by atoms with van der Waals surface area (Å²) < 4.78 is 1.99. The highest BCUT2D eigenvalue weighted by molar-refractivity contribution is 5.80. The van der Waals surface area contributed by atoms with Crippen molar-refractivity contribution in [1.82, 2.24) is 25.4 Å². The summed E-state index contributed by atoms with van der Waals surface area (Å²) in [5, 5.41) is 15.6. The lowest BCUT2D eigenvalue weighted by Crippen LogP contribution is -2.44. The maximum atomic E-state index is 4.83. The highest BCUT2D eigenvalue weighted by Crippen LogP contribution is 2.39. The molecule has 158 valence electrons. The third-order valence-electron chi connectivity index (χ3n) is 6.39. The molecule has 0 radical (unpaired) electrons. The van der Waals surface area contributed by atoms with Gasteiger partial charge in [-0.2, -0.15) is 0 Å². The molecule has 0 amide bonds. The molecule has 1 aliphatic rings. The minimum Gasteiger partial charge on any atom is -0.356 e. The van der Waals surface area contributed by atoms with Crippen molar-refractivity contribution in [1.29, 1.82) is 0 Å². The average molecular weight is 397 g/mol. The predicted octanol–water partition coefficient (Wildman–Crippen LogP) is 4.14. The SMILES string of the molecule is Cc1nnc(CN=C(NCC(C)(C)C2CCCC2)NC(C)c2ccccc2)n1C. The lowest BCUT2D eigenvalue weighted by molar-refractivity contribution is 0.218. The van der Waals surface area contributed by atoms with E-state index in [2.05, 4.69) is 65.9 Å². The molecule has 0 spiro atoms. The van der Waals surface area contributed by atoms with Crippen molar-refractivity contribution in [2.24, 2.45) is 23.4 Å². The van der Waals surface area contributed by atoms with Crippen molar-refractivity contribution in [2.45, 2.75) is 66.0 Å².